The van der Waals surface area contributed by atoms with Crippen molar-refractivity contribution in [1.29, 1.82) is 0 Å². The lowest BCUT2D eigenvalue weighted by atomic mass is 10.0. The van der Waals surface area contributed by atoms with E-state index in [2.05, 4.69) is 68.6 Å². The summed E-state index contributed by atoms with van der Waals surface area (Å²) in [5, 5.41) is 23.6. The van der Waals surface area contributed by atoms with Gasteiger partial charge in [0.25, 0.3) is 0 Å². The lowest BCUT2D eigenvalue weighted by Gasteiger charge is -2.24. The molecule has 3 atom stereocenters. The van der Waals surface area contributed by atoms with Crippen LogP contribution in [0.2, 0.25) is 0 Å². The summed E-state index contributed by atoms with van der Waals surface area (Å²) in [7, 11) is 0. The van der Waals surface area contributed by atoms with Gasteiger partial charge in [-0.2, -0.15) is 0 Å². The fraction of sp³-hybridized carbons (Fsp3) is 0.731. The van der Waals surface area contributed by atoms with Crippen LogP contribution in [0.25, 0.3) is 0 Å². The summed E-state index contributed by atoms with van der Waals surface area (Å²) in [6.07, 6.45) is 56.7. The number of hydrogen-bond donors (Lipinski definition) is 3. The van der Waals surface area contributed by atoms with Crippen LogP contribution in [-0.4, -0.2) is 46.9 Å². The zero-order valence-corrected chi connectivity index (χ0v) is 37.9. The number of esters is 1. The van der Waals surface area contributed by atoms with Crippen molar-refractivity contribution in [3.05, 3.63) is 72.9 Å². The van der Waals surface area contributed by atoms with E-state index in [0.29, 0.717) is 19.3 Å². The third kappa shape index (κ3) is 40.1. The van der Waals surface area contributed by atoms with Gasteiger partial charge >= 0.3 is 5.97 Å². The molecule has 3 unspecified atom stereocenters. The molecule has 0 saturated heterocycles. The summed E-state index contributed by atoms with van der Waals surface area (Å²) in [5.41, 5.74) is 0. The van der Waals surface area contributed by atoms with Gasteiger partial charge in [0.05, 0.1) is 25.2 Å². The van der Waals surface area contributed by atoms with Crippen LogP contribution < -0.4 is 5.32 Å². The molecule has 0 aliphatic rings. The summed E-state index contributed by atoms with van der Waals surface area (Å²) in [6.45, 7) is 6.30. The lowest BCUT2D eigenvalue weighted by Crippen LogP contribution is -2.46. The molecule has 334 valence electrons. The highest BCUT2D eigenvalue weighted by molar-refractivity contribution is 5.77. The zero-order chi connectivity index (χ0) is 42.4. The van der Waals surface area contributed by atoms with Crippen molar-refractivity contribution in [2.24, 2.45) is 0 Å². The van der Waals surface area contributed by atoms with Crippen molar-refractivity contribution >= 4 is 11.9 Å². The molecule has 6 nitrogen and oxygen atoms in total. The Morgan fingerprint density at radius 1 is 0.517 bits per heavy atom. The van der Waals surface area contributed by atoms with Gasteiger partial charge in [-0.25, -0.2) is 0 Å². The molecule has 0 aliphatic heterocycles. The first-order valence-electron chi connectivity index (χ1n) is 24.2. The average Bonchev–Trinajstić information content (AvgIpc) is 3.22. The quantitative estimate of drug-likeness (QED) is 0.0324. The second-order valence-corrected chi connectivity index (χ2v) is 16.2. The standard InChI is InChI=1S/C52H91NO5/c1-4-7-10-13-16-19-22-24-25-26-28-29-31-34-37-40-43-48(58-52(57)45-42-39-36-33-30-27-23-20-17-14-11-8-5-2)46-51(56)53-49(47-54)50(55)44-41-38-35-32-21-18-15-12-9-6-3/h8,11,14,17,20,23,25-30,48-50,54-55H,4-7,9-10,12-13,15-16,18-19,21-22,24,31-47H2,1-3H3,(H,53,56)/b11-8+,17-14+,23-20-,26-25+,29-28+,30-27-. The minimum Gasteiger partial charge on any atom is -0.462 e. The summed E-state index contributed by atoms with van der Waals surface area (Å²) >= 11 is 0. The fourth-order valence-electron chi connectivity index (χ4n) is 6.96. The molecular weight excluding hydrogens is 719 g/mol. The van der Waals surface area contributed by atoms with Gasteiger partial charge in [0.2, 0.25) is 5.91 Å². The SMILES string of the molecule is CC/C=C/C=C/C=C\C=C/CCCCCC(=O)OC(CCCCC/C=C/C=C/CCCCCCCCC)CC(=O)NC(CO)C(O)CCCCCCCCCCCC. The second kappa shape index (κ2) is 45.4. The number of hydrogen-bond acceptors (Lipinski definition) is 5. The van der Waals surface area contributed by atoms with Gasteiger partial charge in [0.15, 0.2) is 0 Å². The van der Waals surface area contributed by atoms with E-state index in [0.717, 1.165) is 83.5 Å². The van der Waals surface area contributed by atoms with E-state index in [1.165, 1.54) is 89.9 Å². The Morgan fingerprint density at radius 2 is 0.931 bits per heavy atom. The van der Waals surface area contributed by atoms with Crippen LogP contribution in [0.1, 0.15) is 220 Å². The number of carbonyl (C=O) groups is 2. The van der Waals surface area contributed by atoms with Crippen molar-refractivity contribution in [2.45, 2.75) is 238 Å². The molecule has 0 bridgehead atoms. The molecule has 0 aromatic heterocycles. The minimum atomic E-state index is -0.803. The predicted octanol–water partition coefficient (Wildman–Crippen LogP) is 14.2. The van der Waals surface area contributed by atoms with Gasteiger partial charge < -0.3 is 20.3 Å². The number of rotatable bonds is 42. The topological polar surface area (TPSA) is 95.9 Å². The number of amides is 1. The fourth-order valence-corrected chi connectivity index (χ4v) is 6.96. The maximum Gasteiger partial charge on any atom is 0.306 e. The van der Waals surface area contributed by atoms with Crippen LogP contribution in [0.5, 0.6) is 0 Å². The van der Waals surface area contributed by atoms with Gasteiger partial charge in [-0.1, -0.05) is 209 Å². The van der Waals surface area contributed by atoms with Crippen LogP contribution in [0.15, 0.2) is 72.9 Å². The van der Waals surface area contributed by atoms with E-state index in [-0.39, 0.29) is 24.9 Å². The van der Waals surface area contributed by atoms with Crippen molar-refractivity contribution in [1.82, 2.24) is 5.32 Å². The van der Waals surface area contributed by atoms with Crippen LogP contribution in [0.3, 0.4) is 0 Å². The molecule has 1 amide bonds. The molecule has 0 spiro atoms. The molecule has 0 aromatic rings. The van der Waals surface area contributed by atoms with E-state index in [1.54, 1.807) is 0 Å². The van der Waals surface area contributed by atoms with Gasteiger partial charge in [-0.3, -0.25) is 9.59 Å². The van der Waals surface area contributed by atoms with Crippen LogP contribution in [0, 0.1) is 0 Å². The number of unbranched alkanes of at least 4 members (excludes halogenated alkanes) is 22. The van der Waals surface area contributed by atoms with Crippen molar-refractivity contribution < 1.29 is 24.5 Å². The monoisotopic (exact) mass is 810 g/mol. The lowest BCUT2D eigenvalue weighted by molar-refractivity contribution is -0.151. The van der Waals surface area contributed by atoms with E-state index in [9.17, 15) is 19.8 Å². The maximum atomic E-state index is 13.2. The number of ether oxygens (including phenoxy) is 1. The smallest absolute Gasteiger partial charge is 0.306 e. The summed E-state index contributed by atoms with van der Waals surface area (Å²) < 4.78 is 5.88. The molecule has 6 heteroatoms. The Bertz CT molecular complexity index is 1090. The Kier molecular flexibility index (Phi) is 43.3. The zero-order valence-electron chi connectivity index (χ0n) is 37.9. The Labute approximate surface area is 358 Å². The van der Waals surface area contributed by atoms with Crippen molar-refractivity contribution in [3.8, 4) is 0 Å². The minimum absolute atomic E-state index is 0.0407. The van der Waals surface area contributed by atoms with E-state index < -0.39 is 18.2 Å². The first-order valence-corrected chi connectivity index (χ1v) is 24.2. The van der Waals surface area contributed by atoms with Gasteiger partial charge in [-0.05, 0) is 70.6 Å². The predicted molar refractivity (Wildman–Crippen MR) is 250 cm³/mol. The van der Waals surface area contributed by atoms with Crippen LogP contribution >= 0.6 is 0 Å². The van der Waals surface area contributed by atoms with Gasteiger partial charge in [-0.15, -0.1) is 0 Å². The number of nitrogens with one attached hydrogen (secondary N) is 1. The molecule has 58 heavy (non-hydrogen) atoms. The van der Waals surface area contributed by atoms with Gasteiger partial charge in [0.1, 0.15) is 6.10 Å². The number of aliphatic hydroxyl groups is 2. The van der Waals surface area contributed by atoms with Crippen LogP contribution in [0.4, 0.5) is 0 Å². The average molecular weight is 810 g/mol. The molecule has 0 radical (unpaired) electrons. The highest BCUT2D eigenvalue weighted by atomic mass is 16.5. The number of carbonyl (C=O) groups excluding carboxylic acids is 2. The third-order valence-corrected chi connectivity index (χ3v) is 10.6. The Morgan fingerprint density at radius 3 is 1.45 bits per heavy atom. The molecule has 0 rings (SSSR count). The van der Waals surface area contributed by atoms with E-state index in [1.807, 2.05) is 30.4 Å². The summed E-state index contributed by atoms with van der Waals surface area (Å²) in [4.78, 5) is 26.0. The second-order valence-electron chi connectivity index (χ2n) is 16.2. The third-order valence-electron chi connectivity index (χ3n) is 10.6. The molecule has 3 N–H and O–H groups in total. The molecule has 0 saturated carbocycles. The Balaban J connectivity index is 4.73. The van der Waals surface area contributed by atoms with Crippen LogP contribution in [-0.2, 0) is 14.3 Å². The first kappa shape index (κ1) is 55.3. The molecule has 0 aromatic carbocycles. The molecule has 0 heterocycles. The van der Waals surface area contributed by atoms with Crippen molar-refractivity contribution in [3.63, 3.8) is 0 Å². The molecule has 0 fully saturated rings. The normalized spacial score (nSPS) is 13.9. The number of aliphatic hydroxyl groups excluding tert-OH is 2. The Hall–Kier alpha value is -2.70. The summed E-state index contributed by atoms with van der Waals surface area (Å²) in [6, 6.07) is -0.720. The highest BCUT2D eigenvalue weighted by Crippen LogP contribution is 2.17. The van der Waals surface area contributed by atoms with E-state index in [4.69, 9.17) is 4.74 Å². The summed E-state index contributed by atoms with van der Waals surface area (Å²) in [5.74, 6) is -0.551. The highest BCUT2D eigenvalue weighted by Gasteiger charge is 2.24. The van der Waals surface area contributed by atoms with E-state index >= 15 is 0 Å². The molecular formula is C52H91NO5. The maximum absolute atomic E-state index is 13.2. The number of allylic oxidation sites excluding steroid dienone is 12. The van der Waals surface area contributed by atoms with Crippen molar-refractivity contribution in [2.75, 3.05) is 6.61 Å². The van der Waals surface area contributed by atoms with Gasteiger partial charge in [0, 0.05) is 6.42 Å². The first-order chi connectivity index (χ1) is 28.5. The largest absolute Gasteiger partial charge is 0.462 e. The molecule has 0 aliphatic carbocycles.